The Kier molecular flexibility index (Phi) is 3.64. The van der Waals surface area contributed by atoms with Crippen LogP contribution in [0.1, 0.15) is 36.2 Å². The van der Waals surface area contributed by atoms with E-state index in [1.54, 1.807) is 18.2 Å². The predicted octanol–water partition coefficient (Wildman–Crippen LogP) is 0.800. The summed E-state index contributed by atoms with van der Waals surface area (Å²) < 4.78 is 5.70. The van der Waals surface area contributed by atoms with Crippen molar-refractivity contribution in [1.29, 1.82) is 0 Å². The van der Waals surface area contributed by atoms with Gasteiger partial charge in [0.15, 0.2) is 0 Å². The Morgan fingerprint density at radius 1 is 1.15 bits per heavy atom. The van der Waals surface area contributed by atoms with Crippen LogP contribution in [0.15, 0.2) is 24.4 Å². The lowest BCUT2D eigenvalue weighted by molar-refractivity contribution is -0.131. The van der Waals surface area contributed by atoms with E-state index in [1.165, 1.54) is 6.20 Å². The van der Waals surface area contributed by atoms with Gasteiger partial charge in [-0.25, -0.2) is 0 Å². The normalized spacial score (nSPS) is 27.9. The third-order valence-corrected chi connectivity index (χ3v) is 3.86. The quantitative estimate of drug-likeness (QED) is 0.782. The highest BCUT2D eigenvalue weighted by molar-refractivity contribution is 5.93. The molecule has 3 rings (SSSR count). The number of nitrogens with one attached hydrogen (secondary N) is 2. The molecule has 2 amide bonds. The van der Waals surface area contributed by atoms with Gasteiger partial charge in [0.05, 0.1) is 12.2 Å². The van der Waals surface area contributed by atoms with Crippen molar-refractivity contribution in [1.82, 2.24) is 15.8 Å². The van der Waals surface area contributed by atoms with Gasteiger partial charge in [-0.05, 0) is 37.8 Å². The van der Waals surface area contributed by atoms with E-state index in [4.69, 9.17) is 4.74 Å². The smallest absolute Gasteiger partial charge is 0.288 e. The molecular weight excluding hydrogens is 258 g/mol. The molecule has 0 aromatic carbocycles. The summed E-state index contributed by atoms with van der Waals surface area (Å²) in [6.45, 7) is 0. The molecule has 2 bridgehead atoms. The minimum absolute atomic E-state index is 0.0784. The average molecular weight is 275 g/mol. The molecule has 106 valence electrons. The summed E-state index contributed by atoms with van der Waals surface area (Å²) >= 11 is 0. The molecule has 0 spiro atoms. The number of hydrogen-bond acceptors (Lipinski definition) is 4. The van der Waals surface area contributed by atoms with Crippen LogP contribution in [0.2, 0.25) is 0 Å². The Morgan fingerprint density at radius 3 is 2.55 bits per heavy atom. The van der Waals surface area contributed by atoms with Gasteiger partial charge in [0.1, 0.15) is 5.69 Å². The van der Waals surface area contributed by atoms with Gasteiger partial charge >= 0.3 is 0 Å². The Balaban J connectivity index is 1.51. The molecule has 6 nitrogen and oxygen atoms in total. The first kappa shape index (κ1) is 13.1. The Labute approximate surface area is 116 Å². The van der Waals surface area contributed by atoms with E-state index in [9.17, 15) is 9.59 Å². The molecule has 0 radical (unpaired) electrons. The molecular formula is C14H17N3O3. The largest absolute Gasteiger partial charge is 0.375 e. The molecule has 1 aromatic rings. The predicted molar refractivity (Wildman–Crippen MR) is 70.5 cm³/mol. The zero-order chi connectivity index (χ0) is 13.9. The minimum atomic E-state index is -0.408. The number of nitrogens with zero attached hydrogens (tertiary/aromatic N) is 1. The van der Waals surface area contributed by atoms with Crippen LogP contribution in [0.3, 0.4) is 0 Å². The summed E-state index contributed by atoms with van der Waals surface area (Å²) in [4.78, 5) is 27.7. The molecule has 2 saturated heterocycles. The van der Waals surface area contributed by atoms with Crippen LogP contribution in [-0.4, -0.2) is 29.0 Å². The molecule has 2 N–H and O–H groups in total. The van der Waals surface area contributed by atoms with Gasteiger partial charge in [0.2, 0.25) is 5.91 Å². The number of carbonyl (C=O) groups excluding carboxylic acids is 2. The number of hydrazine groups is 1. The molecule has 0 saturated carbocycles. The fourth-order valence-corrected chi connectivity index (χ4v) is 2.85. The van der Waals surface area contributed by atoms with Crippen molar-refractivity contribution in [2.75, 3.05) is 0 Å². The van der Waals surface area contributed by atoms with Crippen molar-refractivity contribution in [3.05, 3.63) is 30.1 Å². The summed E-state index contributed by atoms with van der Waals surface area (Å²) in [7, 11) is 0. The molecule has 2 aliphatic heterocycles. The lowest BCUT2D eigenvalue weighted by atomic mass is 9.95. The lowest BCUT2D eigenvalue weighted by Crippen LogP contribution is -2.46. The van der Waals surface area contributed by atoms with Crippen LogP contribution in [0.4, 0.5) is 0 Å². The molecule has 3 heterocycles. The Bertz CT molecular complexity index is 494. The summed E-state index contributed by atoms with van der Waals surface area (Å²) in [5, 5.41) is 0. The first-order valence-corrected chi connectivity index (χ1v) is 6.89. The first-order chi connectivity index (χ1) is 9.72. The van der Waals surface area contributed by atoms with E-state index in [0.29, 0.717) is 0 Å². The third-order valence-electron chi connectivity index (χ3n) is 3.86. The van der Waals surface area contributed by atoms with Crippen LogP contribution in [-0.2, 0) is 9.53 Å². The van der Waals surface area contributed by atoms with E-state index >= 15 is 0 Å². The standard InChI is InChI=1S/C14H17N3O3/c18-13(9-7-10-4-5-11(8-9)20-10)16-17-14(19)12-3-1-2-6-15-12/h1-3,6,9-11H,4-5,7-8H2,(H,16,18)(H,17,19)/t9?,10-,11+. The number of hydrogen-bond donors (Lipinski definition) is 2. The second-order valence-electron chi connectivity index (χ2n) is 5.28. The highest BCUT2D eigenvalue weighted by Gasteiger charge is 2.38. The van der Waals surface area contributed by atoms with Crippen molar-refractivity contribution >= 4 is 11.8 Å². The molecule has 2 fully saturated rings. The molecule has 1 aromatic heterocycles. The molecule has 6 heteroatoms. The van der Waals surface area contributed by atoms with Gasteiger partial charge < -0.3 is 4.74 Å². The molecule has 2 aliphatic rings. The second-order valence-corrected chi connectivity index (χ2v) is 5.28. The number of carbonyl (C=O) groups is 2. The topological polar surface area (TPSA) is 80.3 Å². The van der Waals surface area contributed by atoms with Crippen LogP contribution < -0.4 is 10.9 Å². The summed E-state index contributed by atoms with van der Waals surface area (Å²) in [6, 6.07) is 5.04. The zero-order valence-corrected chi connectivity index (χ0v) is 11.0. The third kappa shape index (κ3) is 2.80. The van der Waals surface area contributed by atoms with Crippen LogP contribution in [0.25, 0.3) is 0 Å². The van der Waals surface area contributed by atoms with Gasteiger partial charge in [-0.1, -0.05) is 6.07 Å². The summed E-state index contributed by atoms with van der Waals surface area (Å²) in [5.41, 5.74) is 5.17. The molecule has 1 unspecified atom stereocenters. The maximum absolute atomic E-state index is 12.1. The first-order valence-electron chi connectivity index (χ1n) is 6.89. The summed E-state index contributed by atoms with van der Waals surface area (Å²) in [6.07, 6.45) is 5.49. The van der Waals surface area contributed by atoms with E-state index in [-0.39, 0.29) is 29.7 Å². The van der Waals surface area contributed by atoms with Crippen LogP contribution in [0.5, 0.6) is 0 Å². The number of fused-ring (bicyclic) bond motifs is 2. The Morgan fingerprint density at radius 2 is 1.90 bits per heavy atom. The zero-order valence-electron chi connectivity index (χ0n) is 11.0. The van der Waals surface area contributed by atoms with E-state index in [0.717, 1.165) is 25.7 Å². The average Bonchev–Trinajstić information content (AvgIpc) is 2.83. The van der Waals surface area contributed by atoms with Crippen molar-refractivity contribution in [2.24, 2.45) is 5.92 Å². The number of rotatable bonds is 2. The second kappa shape index (κ2) is 5.58. The maximum Gasteiger partial charge on any atom is 0.288 e. The van der Waals surface area contributed by atoms with Gasteiger partial charge in [0, 0.05) is 12.1 Å². The molecule has 0 aliphatic carbocycles. The molecule has 20 heavy (non-hydrogen) atoms. The van der Waals surface area contributed by atoms with Crippen molar-refractivity contribution in [2.45, 2.75) is 37.9 Å². The number of pyridine rings is 1. The van der Waals surface area contributed by atoms with Crippen molar-refractivity contribution in [3.63, 3.8) is 0 Å². The lowest BCUT2D eigenvalue weighted by Gasteiger charge is -2.27. The monoisotopic (exact) mass is 275 g/mol. The fraction of sp³-hybridized carbons (Fsp3) is 0.500. The van der Waals surface area contributed by atoms with Gasteiger partial charge in [-0.3, -0.25) is 25.4 Å². The minimum Gasteiger partial charge on any atom is -0.375 e. The van der Waals surface area contributed by atoms with Crippen molar-refractivity contribution in [3.8, 4) is 0 Å². The fourth-order valence-electron chi connectivity index (χ4n) is 2.85. The van der Waals surface area contributed by atoms with E-state index < -0.39 is 5.91 Å². The van der Waals surface area contributed by atoms with E-state index in [1.807, 2.05) is 0 Å². The van der Waals surface area contributed by atoms with Gasteiger partial charge in [-0.15, -0.1) is 0 Å². The van der Waals surface area contributed by atoms with Crippen molar-refractivity contribution < 1.29 is 14.3 Å². The SMILES string of the molecule is O=C(NNC(=O)C1C[C@H]2CC[C@@H](C1)O2)c1ccccn1. The van der Waals surface area contributed by atoms with E-state index in [2.05, 4.69) is 15.8 Å². The molecule has 3 atom stereocenters. The highest BCUT2D eigenvalue weighted by atomic mass is 16.5. The highest BCUT2D eigenvalue weighted by Crippen LogP contribution is 2.35. The van der Waals surface area contributed by atoms with Crippen LogP contribution in [0, 0.1) is 5.92 Å². The summed E-state index contributed by atoms with van der Waals surface area (Å²) in [5.74, 6) is -0.631. The number of amides is 2. The maximum atomic E-state index is 12.1. The Hall–Kier alpha value is -1.95. The van der Waals surface area contributed by atoms with Gasteiger partial charge in [-0.2, -0.15) is 0 Å². The number of ether oxygens (including phenoxy) is 1. The number of aromatic nitrogens is 1. The van der Waals surface area contributed by atoms with Crippen LogP contribution >= 0.6 is 0 Å². The van der Waals surface area contributed by atoms with Gasteiger partial charge in [0.25, 0.3) is 5.91 Å².